The monoisotopic (exact) mass is 156 g/mol. The molecule has 0 spiro atoms. The molecule has 1 fully saturated rings. The SMILES string of the molecule is CC(C)C1CCC(C)(C)CO1. The highest BCUT2D eigenvalue weighted by atomic mass is 16.5. The lowest BCUT2D eigenvalue weighted by Gasteiger charge is -2.36. The maximum absolute atomic E-state index is 5.75. The van der Waals surface area contributed by atoms with Crippen molar-refractivity contribution in [3.8, 4) is 0 Å². The highest BCUT2D eigenvalue weighted by Gasteiger charge is 2.28. The van der Waals surface area contributed by atoms with Gasteiger partial charge in [0.2, 0.25) is 0 Å². The van der Waals surface area contributed by atoms with E-state index in [1.54, 1.807) is 0 Å². The van der Waals surface area contributed by atoms with E-state index >= 15 is 0 Å². The van der Waals surface area contributed by atoms with Crippen LogP contribution < -0.4 is 0 Å². The first-order valence-electron chi connectivity index (χ1n) is 4.63. The summed E-state index contributed by atoms with van der Waals surface area (Å²) in [5, 5.41) is 0. The van der Waals surface area contributed by atoms with Crippen molar-refractivity contribution in [3.05, 3.63) is 0 Å². The molecule has 0 aromatic heterocycles. The average Bonchev–Trinajstić information content (AvgIpc) is 1.86. The van der Waals surface area contributed by atoms with Crippen LogP contribution in [0.5, 0.6) is 0 Å². The first-order valence-corrected chi connectivity index (χ1v) is 4.63. The van der Waals surface area contributed by atoms with Gasteiger partial charge >= 0.3 is 0 Å². The van der Waals surface area contributed by atoms with E-state index in [1.807, 2.05) is 0 Å². The Hall–Kier alpha value is -0.0400. The predicted molar refractivity (Wildman–Crippen MR) is 47.6 cm³/mol. The zero-order chi connectivity index (χ0) is 8.48. The summed E-state index contributed by atoms with van der Waals surface area (Å²) < 4.78 is 5.75. The molecular formula is C10H20O. The van der Waals surface area contributed by atoms with Crippen LogP contribution in [0.2, 0.25) is 0 Å². The Morgan fingerprint density at radius 3 is 2.36 bits per heavy atom. The Morgan fingerprint density at radius 1 is 1.36 bits per heavy atom. The van der Waals surface area contributed by atoms with Crippen LogP contribution in [-0.2, 0) is 4.74 Å². The third kappa shape index (κ3) is 2.48. The second-order valence-corrected chi connectivity index (χ2v) is 4.80. The molecule has 1 atom stereocenters. The molecule has 0 saturated carbocycles. The highest BCUT2D eigenvalue weighted by Crippen LogP contribution is 2.31. The van der Waals surface area contributed by atoms with Crippen molar-refractivity contribution in [3.63, 3.8) is 0 Å². The molecule has 1 heterocycles. The summed E-state index contributed by atoms with van der Waals surface area (Å²) in [6, 6.07) is 0. The zero-order valence-electron chi connectivity index (χ0n) is 8.18. The molecule has 0 aliphatic carbocycles. The molecule has 1 heteroatoms. The molecular weight excluding hydrogens is 136 g/mol. The minimum atomic E-state index is 0.422. The molecule has 1 rings (SSSR count). The first-order chi connectivity index (χ1) is 5.01. The van der Waals surface area contributed by atoms with Gasteiger partial charge in [0.15, 0.2) is 0 Å². The molecule has 0 aromatic carbocycles. The van der Waals surface area contributed by atoms with Gasteiger partial charge in [-0.25, -0.2) is 0 Å². The summed E-state index contributed by atoms with van der Waals surface area (Å²) in [6.07, 6.45) is 3.07. The fourth-order valence-corrected chi connectivity index (χ4v) is 1.55. The van der Waals surface area contributed by atoms with Crippen LogP contribution in [-0.4, -0.2) is 12.7 Å². The molecule has 1 aliphatic rings. The second-order valence-electron chi connectivity index (χ2n) is 4.80. The molecule has 0 amide bonds. The molecule has 0 aromatic rings. The van der Waals surface area contributed by atoms with Crippen LogP contribution in [0.25, 0.3) is 0 Å². The van der Waals surface area contributed by atoms with E-state index in [0.29, 0.717) is 17.4 Å². The lowest BCUT2D eigenvalue weighted by atomic mass is 9.83. The summed E-state index contributed by atoms with van der Waals surface area (Å²) in [5.41, 5.74) is 0.422. The highest BCUT2D eigenvalue weighted by molar-refractivity contribution is 4.77. The number of rotatable bonds is 1. The molecule has 0 N–H and O–H groups in total. The van der Waals surface area contributed by atoms with Crippen LogP contribution in [0.15, 0.2) is 0 Å². The van der Waals surface area contributed by atoms with E-state index in [0.717, 1.165) is 6.61 Å². The van der Waals surface area contributed by atoms with Gasteiger partial charge < -0.3 is 4.74 Å². The fraction of sp³-hybridized carbons (Fsp3) is 1.00. The van der Waals surface area contributed by atoms with E-state index in [1.165, 1.54) is 12.8 Å². The quantitative estimate of drug-likeness (QED) is 0.567. The molecule has 0 bridgehead atoms. The lowest BCUT2D eigenvalue weighted by molar-refractivity contribution is -0.0679. The topological polar surface area (TPSA) is 9.23 Å². The molecule has 1 saturated heterocycles. The van der Waals surface area contributed by atoms with Crippen LogP contribution in [0.1, 0.15) is 40.5 Å². The van der Waals surface area contributed by atoms with Crippen LogP contribution in [0, 0.1) is 11.3 Å². The molecule has 11 heavy (non-hydrogen) atoms. The van der Waals surface area contributed by atoms with Gasteiger partial charge in [0.05, 0.1) is 12.7 Å². The molecule has 1 unspecified atom stereocenters. The normalized spacial score (nSPS) is 30.8. The average molecular weight is 156 g/mol. The third-order valence-corrected chi connectivity index (χ3v) is 2.54. The smallest absolute Gasteiger partial charge is 0.0598 e. The Labute approximate surface area is 70.1 Å². The maximum atomic E-state index is 5.75. The predicted octanol–water partition coefficient (Wildman–Crippen LogP) is 2.85. The van der Waals surface area contributed by atoms with Crippen molar-refractivity contribution in [1.82, 2.24) is 0 Å². The molecule has 1 nitrogen and oxygen atoms in total. The lowest BCUT2D eigenvalue weighted by Crippen LogP contribution is -2.34. The third-order valence-electron chi connectivity index (χ3n) is 2.54. The van der Waals surface area contributed by atoms with E-state index in [9.17, 15) is 0 Å². The minimum absolute atomic E-state index is 0.422. The zero-order valence-corrected chi connectivity index (χ0v) is 8.18. The van der Waals surface area contributed by atoms with Gasteiger partial charge in [0, 0.05) is 0 Å². The van der Waals surface area contributed by atoms with E-state index in [-0.39, 0.29) is 0 Å². The summed E-state index contributed by atoms with van der Waals surface area (Å²) in [4.78, 5) is 0. The van der Waals surface area contributed by atoms with Crippen molar-refractivity contribution in [2.45, 2.75) is 46.6 Å². The van der Waals surface area contributed by atoms with Gasteiger partial charge in [-0.2, -0.15) is 0 Å². The Morgan fingerprint density at radius 2 is 2.00 bits per heavy atom. The van der Waals surface area contributed by atoms with Gasteiger partial charge in [-0.05, 0) is 24.2 Å². The van der Waals surface area contributed by atoms with Gasteiger partial charge in [-0.1, -0.05) is 27.7 Å². The van der Waals surface area contributed by atoms with Crippen molar-refractivity contribution in [2.24, 2.45) is 11.3 Å². The van der Waals surface area contributed by atoms with Crippen LogP contribution in [0.3, 0.4) is 0 Å². The molecule has 1 aliphatic heterocycles. The van der Waals surface area contributed by atoms with Gasteiger partial charge in [-0.15, -0.1) is 0 Å². The van der Waals surface area contributed by atoms with Crippen molar-refractivity contribution in [1.29, 1.82) is 0 Å². The van der Waals surface area contributed by atoms with Gasteiger partial charge in [0.25, 0.3) is 0 Å². The van der Waals surface area contributed by atoms with Crippen molar-refractivity contribution < 1.29 is 4.74 Å². The van der Waals surface area contributed by atoms with E-state index in [2.05, 4.69) is 27.7 Å². The Bertz CT molecular complexity index is 117. The summed E-state index contributed by atoms with van der Waals surface area (Å²) in [6.45, 7) is 9.98. The Kier molecular flexibility index (Phi) is 2.58. The number of ether oxygens (including phenoxy) is 1. The fourth-order valence-electron chi connectivity index (χ4n) is 1.55. The van der Waals surface area contributed by atoms with Crippen molar-refractivity contribution in [2.75, 3.05) is 6.61 Å². The first kappa shape index (κ1) is 9.05. The van der Waals surface area contributed by atoms with Crippen LogP contribution in [0.4, 0.5) is 0 Å². The molecule has 66 valence electrons. The standard InChI is InChI=1S/C10H20O/c1-8(2)9-5-6-10(3,4)7-11-9/h8-9H,5-7H2,1-4H3. The van der Waals surface area contributed by atoms with Gasteiger partial charge in [-0.3, -0.25) is 0 Å². The van der Waals surface area contributed by atoms with E-state index < -0.39 is 0 Å². The minimum Gasteiger partial charge on any atom is -0.377 e. The second kappa shape index (κ2) is 3.14. The van der Waals surface area contributed by atoms with E-state index in [4.69, 9.17) is 4.74 Å². The van der Waals surface area contributed by atoms with Gasteiger partial charge in [0.1, 0.15) is 0 Å². The Balaban J connectivity index is 2.36. The molecule has 0 radical (unpaired) electrons. The maximum Gasteiger partial charge on any atom is 0.0598 e. The van der Waals surface area contributed by atoms with Crippen LogP contribution >= 0.6 is 0 Å². The number of hydrogen-bond donors (Lipinski definition) is 0. The summed E-state index contributed by atoms with van der Waals surface area (Å²) in [7, 11) is 0. The summed E-state index contributed by atoms with van der Waals surface area (Å²) >= 11 is 0. The largest absolute Gasteiger partial charge is 0.377 e. The number of hydrogen-bond acceptors (Lipinski definition) is 1. The van der Waals surface area contributed by atoms with Crippen molar-refractivity contribution >= 4 is 0 Å². The summed E-state index contributed by atoms with van der Waals surface area (Å²) in [5.74, 6) is 0.686.